The molecule has 7 heteroatoms. The van der Waals surface area contributed by atoms with E-state index in [1.165, 1.54) is 12.1 Å². The zero-order valence-electron chi connectivity index (χ0n) is 14.8. The van der Waals surface area contributed by atoms with Gasteiger partial charge in [-0.2, -0.15) is 0 Å². The number of aliphatic hydroxyl groups is 1. The van der Waals surface area contributed by atoms with Crippen LogP contribution in [0.15, 0.2) is 36.8 Å². The van der Waals surface area contributed by atoms with Crippen molar-refractivity contribution in [3.05, 3.63) is 48.0 Å². The van der Waals surface area contributed by atoms with Crippen molar-refractivity contribution in [3.8, 4) is 5.75 Å². The smallest absolute Gasteiger partial charge is 0.315 e. The number of aromatic nitrogens is 2. The van der Waals surface area contributed by atoms with Crippen molar-refractivity contribution in [2.24, 2.45) is 5.92 Å². The molecule has 0 radical (unpaired) electrons. The lowest BCUT2D eigenvalue weighted by Crippen LogP contribution is -2.43. The minimum atomic E-state index is -0.863. The number of imidazole rings is 1. The van der Waals surface area contributed by atoms with Gasteiger partial charge in [0, 0.05) is 12.7 Å². The molecule has 2 atom stereocenters. The largest absolute Gasteiger partial charge is 0.508 e. The van der Waals surface area contributed by atoms with E-state index >= 15 is 0 Å². The van der Waals surface area contributed by atoms with Crippen LogP contribution in [0, 0.1) is 5.92 Å². The Bertz CT molecular complexity index is 682. The second kappa shape index (κ2) is 8.53. The highest BCUT2D eigenvalue weighted by Gasteiger charge is 2.18. The quantitative estimate of drug-likeness (QED) is 0.617. The van der Waals surface area contributed by atoms with Gasteiger partial charge in [-0.15, -0.1) is 0 Å². The average molecular weight is 346 g/mol. The van der Waals surface area contributed by atoms with Crippen LogP contribution >= 0.6 is 0 Å². The zero-order valence-corrected chi connectivity index (χ0v) is 14.8. The third-order valence-corrected chi connectivity index (χ3v) is 3.86. The van der Waals surface area contributed by atoms with Crippen molar-refractivity contribution in [3.63, 3.8) is 0 Å². The Labute approximate surface area is 147 Å². The number of hydrogen-bond donors (Lipinski definition) is 4. The summed E-state index contributed by atoms with van der Waals surface area (Å²) >= 11 is 0. The molecule has 0 unspecified atom stereocenters. The minimum Gasteiger partial charge on any atom is -0.508 e. The lowest BCUT2D eigenvalue weighted by atomic mass is 10.0. The molecule has 2 rings (SSSR count). The number of carbonyl (C=O) groups is 1. The van der Waals surface area contributed by atoms with Gasteiger partial charge in [0.1, 0.15) is 5.75 Å². The van der Waals surface area contributed by atoms with Crippen molar-refractivity contribution < 1.29 is 15.0 Å². The molecular formula is C18H26N4O3. The molecule has 0 saturated carbocycles. The molecule has 0 fully saturated rings. The summed E-state index contributed by atoms with van der Waals surface area (Å²) in [6, 6.07) is 5.41. The predicted molar refractivity (Wildman–Crippen MR) is 95.0 cm³/mol. The van der Waals surface area contributed by atoms with Crippen LogP contribution < -0.4 is 10.6 Å². The third kappa shape index (κ3) is 5.49. The maximum absolute atomic E-state index is 12.1. The Balaban J connectivity index is 1.85. The number of carbonyl (C=O) groups excluding carboxylic acids is 1. The van der Waals surface area contributed by atoms with E-state index < -0.39 is 12.1 Å². The van der Waals surface area contributed by atoms with E-state index in [2.05, 4.69) is 29.5 Å². The van der Waals surface area contributed by atoms with Crippen molar-refractivity contribution in [2.45, 2.75) is 46.0 Å². The van der Waals surface area contributed by atoms with Crippen LogP contribution in [0.1, 0.15) is 38.1 Å². The van der Waals surface area contributed by atoms with E-state index in [0.29, 0.717) is 18.0 Å². The molecule has 1 aromatic heterocycles. The third-order valence-electron chi connectivity index (χ3n) is 3.86. The van der Waals surface area contributed by atoms with Gasteiger partial charge in [-0.05, 0) is 30.5 Å². The number of hydrogen-bond acceptors (Lipinski definition) is 4. The van der Waals surface area contributed by atoms with Gasteiger partial charge in [0.25, 0.3) is 0 Å². The first kappa shape index (κ1) is 18.8. The SMILES string of the molecule is CC(C)Cn1cncc1CNC(=O)N[C@H](C)[C@@H](O)c1ccc(O)cc1. The first-order valence-electron chi connectivity index (χ1n) is 8.37. The van der Waals surface area contributed by atoms with Crippen LogP contribution in [0.25, 0.3) is 0 Å². The second-order valence-electron chi connectivity index (χ2n) is 6.58. The van der Waals surface area contributed by atoms with Gasteiger partial charge < -0.3 is 25.4 Å². The number of urea groups is 1. The standard InChI is InChI=1S/C18H26N4O3/c1-12(2)10-22-11-19-8-15(22)9-20-18(25)21-13(3)17(24)14-4-6-16(23)7-5-14/h4-8,11-13,17,23-24H,9-10H2,1-3H3,(H2,20,21,25)/t13-,17-/m1/s1. The highest BCUT2D eigenvalue weighted by molar-refractivity contribution is 5.74. The summed E-state index contributed by atoms with van der Waals surface area (Å²) in [7, 11) is 0. The van der Waals surface area contributed by atoms with Gasteiger partial charge in [-0.1, -0.05) is 26.0 Å². The van der Waals surface area contributed by atoms with Crippen LogP contribution in [-0.2, 0) is 13.1 Å². The summed E-state index contributed by atoms with van der Waals surface area (Å²) in [6.07, 6.45) is 2.63. The van der Waals surface area contributed by atoms with Gasteiger partial charge in [-0.25, -0.2) is 9.78 Å². The van der Waals surface area contributed by atoms with Gasteiger partial charge in [-0.3, -0.25) is 0 Å². The van der Waals surface area contributed by atoms with Gasteiger partial charge >= 0.3 is 6.03 Å². The molecule has 25 heavy (non-hydrogen) atoms. The summed E-state index contributed by atoms with van der Waals surface area (Å²) in [4.78, 5) is 16.2. The van der Waals surface area contributed by atoms with Gasteiger partial charge in [0.05, 0.1) is 30.7 Å². The number of phenols is 1. The van der Waals surface area contributed by atoms with E-state index in [1.54, 1.807) is 31.6 Å². The Morgan fingerprint density at radius 2 is 1.92 bits per heavy atom. The fourth-order valence-corrected chi connectivity index (χ4v) is 2.52. The molecule has 136 valence electrons. The normalized spacial score (nSPS) is 13.5. The van der Waals surface area contributed by atoms with Crippen molar-refractivity contribution in [1.29, 1.82) is 0 Å². The molecular weight excluding hydrogens is 320 g/mol. The number of phenolic OH excluding ortho intramolecular Hbond substituents is 1. The van der Waals surface area contributed by atoms with E-state index in [4.69, 9.17) is 0 Å². The summed E-state index contributed by atoms with van der Waals surface area (Å²) in [6.45, 7) is 7.17. The van der Waals surface area contributed by atoms with Crippen molar-refractivity contribution in [2.75, 3.05) is 0 Å². The lowest BCUT2D eigenvalue weighted by molar-refractivity contribution is 0.137. The number of aliphatic hydroxyl groups excluding tert-OH is 1. The average Bonchev–Trinajstić information content (AvgIpc) is 2.99. The van der Waals surface area contributed by atoms with E-state index in [-0.39, 0.29) is 11.8 Å². The van der Waals surface area contributed by atoms with Crippen LogP contribution in [0.5, 0.6) is 5.75 Å². The molecule has 2 aromatic rings. The van der Waals surface area contributed by atoms with Crippen LogP contribution in [0.3, 0.4) is 0 Å². The molecule has 0 spiro atoms. The first-order valence-corrected chi connectivity index (χ1v) is 8.37. The summed E-state index contributed by atoms with van der Waals surface area (Å²) < 4.78 is 2.01. The van der Waals surface area contributed by atoms with Crippen LogP contribution in [-0.4, -0.2) is 31.8 Å². The molecule has 0 aliphatic heterocycles. The van der Waals surface area contributed by atoms with Crippen LogP contribution in [0.4, 0.5) is 4.79 Å². The van der Waals surface area contributed by atoms with E-state index in [9.17, 15) is 15.0 Å². The number of benzene rings is 1. The maximum Gasteiger partial charge on any atom is 0.315 e. The molecule has 0 aliphatic carbocycles. The topological polar surface area (TPSA) is 99.4 Å². The Morgan fingerprint density at radius 3 is 2.56 bits per heavy atom. The number of aromatic hydroxyl groups is 1. The first-order chi connectivity index (χ1) is 11.9. The molecule has 7 nitrogen and oxygen atoms in total. The molecule has 0 aliphatic rings. The molecule has 0 saturated heterocycles. The van der Waals surface area contributed by atoms with Gasteiger partial charge in [0.2, 0.25) is 0 Å². The van der Waals surface area contributed by atoms with Crippen LogP contribution in [0.2, 0.25) is 0 Å². The fourth-order valence-electron chi connectivity index (χ4n) is 2.52. The maximum atomic E-state index is 12.1. The number of nitrogens with zero attached hydrogens (tertiary/aromatic N) is 2. The van der Waals surface area contributed by atoms with E-state index in [1.807, 2.05) is 4.57 Å². The minimum absolute atomic E-state index is 0.132. The zero-order chi connectivity index (χ0) is 18.4. The Morgan fingerprint density at radius 1 is 1.24 bits per heavy atom. The molecule has 4 N–H and O–H groups in total. The summed E-state index contributed by atoms with van der Waals surface area (Å²) in [5.74, 6) is 0.620. The lowest BCUT2D eigenvalue weighted by Gasteiger charge is -2.21. The monoisotopic (exact) mass is 346 g/mol. The number of amides is 2. The highest BCUT2D eigenvalue weighted by Crippen LogP contribution is 2.19. The fraction of sp³-hybridized carbons (Fsp3) is 0.444. The summed E-state index contributed by atoms with van der Waals surface area (Å²) in [5.41, 5.74) is 1.55. The molecule has 1 aromatic carbocycles. The number of rotatable bonds is 7. The Kier molecular flexibility index (Phi) is 6.41. The molecule has 0 bridgehead atoms. The predicted octanol–water partition coefficient (Wildman–Crippen LogP) is 2.17. The second-order valence-corrected chi connectivity index (χ2v) is 6.58. The van der Waals surface area contributed by atoms with E-state index in [0.717, 1.165) is 12.2 Å². The summed E-state index contributed by atoms with van der Waals surface area (Å²) in [5, 5.41) is 25.1. The highest BCUT2D eigenvalue weighted by atomic mass is 16.3. The number of nitrogens with one attached hydrogen (secondary N) is 2. The van der Waals surface area contributed by atoms with Crippen molar-refractivity contribution in [1.82, 2.24) is 20.2 Å². The Hall–Kier alpha value is -2.54. The molecule has 1 heterocycles. The van der Waals surface area contributed by atoms with Crippen molar-refractivity contribution >= 4 is 6.03 Å². The molecule has 2 amide bonds. The van der Waals surface area contributed by atoms with Gasteiger partial charge in [0.15, 0.2) is 0 Å².